The van der Waals surface area contributed by atoms with Crippen LogP contribution in [0.15, 0.2) is 24.3 Å². The van der Waals surface area contributed by atoms with E-state index in [0.717, 1.165) is 50.2 Å². The Hall–Kier alpha value is -2.28. The maximum atomic E-state index is 13.4. The molecule has 2 heterocycles. The van der Waals surface area contributed by atoms with Gasteiger partial charge >= 0.3 is 0 Å². The molecule has 1 aromatic carbocycles. The molecular weight excluding hydrogens is 382 g/mol. The van der Waals surface area contributed by atoms with E-state index < -0.39 is 0 Å². The summed E-state index contributed by atoms with van der Waals surface area (Å²) in [5.74, 6) is 0.857. The maximum Gasteiger partial charge on any atom is 0.226 e. The van der Waals surface area contributed by atoms with Crippen molar-refractivity contribution in [2.75, 3.05) is 64.5 Å². The van der Waals surface area contributed by atoms with Gasteiger partial charge in [-0.2, -0.15) is 0 Å². The number of morpholine rings is 1. The summed E-state index contributed by atoms with van der Waals surface area (Å²) in [5, 5.41) is 0. The third-order valence-corrected chi connectivity index (χ3v) is 6.75. The Bertz CT molecular complexity index is 724. The van der Waals surface area contributed by atoms with E-state index in [1.165, 1.54) is 0 Å². The first-order valence-electron chi connectivity index (χ1n) is 11.2. The molecule has 0 spiro atoms. The second-order valence-corrected chi connectivity index (χ2v) is 8.45. The first-order chi connectivity index (χ1) is 14.7. The molecule has 3 aliphatic rings. The lowest BCUT2D eigenvalue weighted by atomic mass is 9.77. The van der Waals surface area contributed by atoms with Crippen molar-refractivity contribution in [3.8, 4) is 5.75 Å². The lowest BCUT2D eigenvalue weighted by molar-refractivity contribution is -0.150. The summed E-state index contributed by atoms with van der Waals surface area (Å²) < 4.78 is 10.6. The highest BCUT2D eigenvalue weighted by Gasteiger charge is 2.40. The zero-order valence-electron chi connectivity index (χ0n) is 17.9. The summed E-state index contributed by atoms with van der Waals surface area (Å²) in [7, 11) is 1.67. The van der Waals surface area contributed by atoms with Crippen LogP contribution in [0.5, 0.6) is 5.75 Å². The number of hydrogen-bond donors (Lipinski definition) is 0. The van der Waals surface area contributed by atoms with Crippen LogP contribution in [0.4, 0.5) is 5.69 Å². The van der Waals surface area contributed by atoms with E-state index in [-0.39, 0.29) is 23.7 Å². The normalized spacial score (nSPS) is 25.2. The number of piperazine rings is 1. The molecule has 0 N–H and O–H groups in total. The van der Waals surface area contributed by atoms with Crippen molar-refractivity contribution >= 4 is 17.5 Å². The van der Waals surface area contributed by atoms with E-state index in [4.69, 9.17) is 9.47 Å². The minimum Gasteiger partial charge on any atom is -0.497 e. The molecule has 7 heteroatoms. The van der Waals surface area contributed by atoms with Crippen LogP contribution in [-0.4, -0.2) is 81.2 Å². The summed E-state index contributed by atoms with van der Waals surface area (Å²) >= 11 is 0. The van der Waals surface area contributed by atoms with Crippen molar-refractivity contribution in [2.45, 2.75) is 25.7 Å². The fraction of sp³-hybridized carbons (Fsp3) is 0.652. The second-order valence-electron chi connectivity index (χ2n) is 8.45. The molecule has 2 amide bonds. The van der Waals surface area contributed by atoms with Gasteiger partial charge in [-0.1, -0.05) is 12.8 Å². The highest BCUT2D eigenvalue weighted by atomic mass is 16.5. The number of nitrogens with zero attached hydrogens (tertiary/aromatic N) is 3. The molecule has 3 fully saturated rings. The molecule has 0 radical (unpaired) electrons. The molecule has 7 nitrogen and oxygen atoms in total. The van der Waals surface area contributed by atoms with Crippen molar-refractivity contribution in [3.63, 3.8) is 0 Å². The van der Waals surface area contributed by atoms with E-state index in [1.807, 2.05) is 21.9 Å². The average Bonchev–Trinajstić information content (AvgIpc) is 2.84. The van der Waals surface area contributed by atoms with Gasteiger partial charge in [0, 0.05) is 56.8 Å². The number of amides is 2. The summed E-state index contributed by atoms with van der Waals surface area (Å²) in [6.07, 6.45) is 3.74. The van der Waals surface area contributed by atoms with Crippen molar-refractivity contribution in [1.29, 1.82) is 0 Å². The fourth-order valence-electron chi connectivity index (χ4n) is 4.95. The molecule has 2 unspecified atom stereocenters. The van der Waals surface area contributed by atoms with Gasteiger partial charge in [-0.25, -0.2) is 0 Å². The smallest absolute Gasteiger partial charge is 0.226 e. The Kier molecular flexibility index (Phi) is 6.77. The van der Waals surface area contributed by atoms with Gasteiger partial charge in [0.1, 0.15) is 5.75 Å². The van der Waals surface area contributed by atoms with Gasteiger partial charge in [0.25, 0.3) is 0 Å². The van der Waals surface area contributed by atoms with Gasteiger partial charge in [0.15, 0.2) is 0 Å². The Morgan fingerprint density at radius 3 is 1.90 bits per heavy atom. The van der Waals surface area contributed by atoms with Crippen LogP contribution >= 0.6 is 0 Å². The summed E-state index contributed by atoms with van der Waals surface area (Å²) in [6.45, 7) is 5.54. The number of carbonyl (C=O) groups excluding carboxylic acids is 2. The van der Waals surface area contributed by atoms with Gasteiger partial charge in [0.05, 0.1) is 20.3 Å². The van der Waals surface area contributed by atoms with Crippen molar-refractivity contribution < 1.29 is 19.1 Å². The van der Waals surface area contributed by atoms with Crippen LogP contribution in [0.2, 0.25) is 0 Å². The molecule has 164 valence electrons. The Morgan fingerprint density at radius 2 is 1.37 bits per heavy atom. The predicted molar refractivity (Wildman–Crippen MR) is 115 cm³/mol. The van der Waals surface area contributed by atoms with Crippen molar-refractivity contribution in [1.82, 2.24) is 9.80 Å². The van der Waals surface area contributed by atoms with Crippen LogP contribution < -0.4 is 9.64 Å². The first-order valence-corrected chi connectivity index (χ1v) is 11.2. The largest absolute Gasteiger partial charge is 0.497 e. The van der Waals surface area contributed by atoms with Crippen molar-refractivity contribution in [2.24, 2.45) is 11.8 Å². The van der Waals surface area contributed by atoms with Crippen LogP contribution in [0.1, 0.15) is 25.7 Å². The van der Waals surface area contributed by atoms with Gasteiger partial charge in [-0.15, -0.1) is 0 Å². The molecule has 0 bridgehead atoms. The maximum absolute atomic E-state index is 13.4. The predicted octanol–water partition coefficient (Wildman–Crippen LogP) is 2.01. The topological polar surface area (TPSA) is 62.3 Å². The Morgan fingerprint density at radius 1 is 0.833 bits per heavy atom. The van der Waals surface area contributed by atoms with Gasteiger partial charge in [-0.3, -0.25) is 9.59 Å². The zero-order valence-corrected chi connectivity index (χ0v) is 17.9. The third-order valence-electron chi connectivity index (χ3n) is 6.75. The first kappa shape index (κ1) is 21.0. The van der Waals surface area contributed by atoms with E-state index in [2.05, 4.69) is 17.0 Å². The summed E-state index contributed by atoms with van der Waals surface area (Å²) in [4.78, 5) is 32.7. The molecule has 1 aromatic rings. The number of anilines is 1. The molecule has 1 aliphatic carbocycles. The number of hydrogen-bond acceptors (Lipinski definition) is 5. The highest BCUT2D eigenvalue weighted by Crippen LogP contribution is 2.33. The summed E-state index contributed by atoms with van der Waals surface area (Å²) in [6, 6.07) is 8.07. The zero-order chi connectivity index (χ0) is 20.9. The molecule has 2 atom stereocenters. The molecular formula is C23H33N3O4. The fourth-order valence-corrected chi connectivity index (χ4v) is 4.95. The number of rotatable bonds is 4. The number of benzene rings is 1. The van der Waals surface area contributed by atoms with Crippen LogP contribution in [0.3, 0.4) is 0 Å². The minimum atomic E-state index is -0.165. The van der Waals surface area contributed by atoms with E-state index in [9.17, 15) is 9.59 Å². The molecule has 1 saturated carbocycles. The highest BCUT2D eigenvalue weighted by molar-refractivity contribution is 5.88. The van der Waals surface area contributed by atoms with E-state index in [1.54, 1.807) is 7.11 Å². The molecule has 4 rings (SSSR count). The molecule has 30 heavy (non-hydrogen) atoms. The lowest BCUT2D eigenvalue weighted by Crippen LogP contribution is -2.53. The number of methoxy groups -OCH3 is 1. The van der Waals surface area contributed by atoms with Crippen LogP contribution in [-0.2, 0) is 14.3 Å². The summed E-state index contributed by atoms with van der Waals surface area (Å²) in [5.41, 5.74) is 1.15. The Balaban J connectivity index is 1.36. The monoisotopic (exact) mass is 415 g/mol. The SMILES string of the molecule is COc1ccc(N2CCN(C(=O)C3CCCCC3C(=O)N3CCOCC3)CC2)cc1. The number of ether oxygens (including phenoxy) is 2. The molecule has 2 saturated heterocycles. The lowest BCUT2D eigenvalue weighted by Gasteiger charge is -2.41. The van der Waals surface area contributed by atoms with Gasteiger partial charge in [0.2, 0.25) is 11.8 Å². The van der Waals surface area contributed by atoms with E-state index in [0.29, 0.717) is 39.4 Å². The minimum absolute atomic E-state index is 0.160. The third kappa shape index (κ3) is 4.56. The number of carbonyl (C=O) groups is 2. The van der Waals surface area contributed by atoms with E-state index >= 15 is 0 Å². The van der Waals surface area contributed by atoms with Crippen LogP contribution in [0.25, 0.3) is 0 Å². The molecule has 2 aliphatic heterocycles. The standard InChI is InChI=1S/C23H33N3O4/c1-29-19-8-6-18(7-9-19)24-10-12-25(13-11-24)22(27)20-4-2-3-5-21(20)23(28)26-14-16-30-17-15-26/h6-9,20-21H,2-5,10-17H2,1H3. The molecule has 0 aromatic heterocycles. The van der Waals surface area contributed by atoms with Gasteiger partial charge in [-0.05, 0) is 37.1 Å². The van der Waals surface area contributed by atoms with Gasteiger partial charge < -0.3 is 24.2 Å². The second kappa shape index (κ2) is 9.69. The van der Waals surface area contributed by atoms with Crippen LogP contribution in [0, 0.1) is 11.8 Å². The van der Waals surface area contributed by atoms with Crippen molar-refractivity contribution in [3.05, 3.63) is 24.3 Å². The Labute approximate surface area is 178 Å². The average molecular weight is 416 g/mol. The quantitative estimate of drug-likeness (QED) is 0.753.